The molecule has 6 nitrogen and oxygen atoms in total. The molecule has 0 aromatic heterocycles. The molecule has 0 radical (unpaired) electrons. The van der Waals surface area contributed by atoms with Gasteiger partial charge in [-0.1, -0.05) is 36.1 Å². The molecule has 2 heterocycles. The monoisotopic (exact) mass is 434 g/mol. The van der Waals surface area contributed by atoms with Gasteiger partial charge in [0.1, 0.15) is 10.1 Å². The third-order valence-electron chi connectivity index (χ3n) is 5.22. The summed E-state index contributed by atoms with van der Waals surface area (Å²) in [6.45, 7) is 1.08. The van der Waals surface area contributed by atoms with E-state index in [-0.39, 0.29) is 37.4 Å². The van der Waals surface area contributed by atoms with Crippen molar-refractivity contribution < 1.29 is 19.4 Å². The summed E-state index contributed by atoms with van der Waals surface area (Å²) in [6, 6.07) is 7.56. The van der Waals surface area contributed by atoms with Gasteiger partial charge in [0.05, 0.1) is 12.0 Å². The number of benzene rings is 1. The Morgan fingerprint density at radius 1 is 1.41 bits per heavy atom. The van der Waals surface area contributed by atoms with Crippen LogP contribution in [0, 0.1) is 0 Å². The van der Waals surface area contributed by atoms with Crippen molar-refractivity contribution in [1.29, 1.82) is 0 Å². The number of likely N-dealkylation sites (tertiary alicyclic amines) is 1. The molecule has 0 saturated carbocycles. The van der Waals surface area contributed by atoms with E-state index >= 15 is 0 Å². The van der Waals surface area contributed by atoms with Gasteiger partial charge in [-0.2, -0.15) is 0 Å². The number of aliphatic hydroxyl groups excluding tert-OH is 1. The smallest absolute Gasteiger partial charge is 0.266 e. The fraction of sp³-hybridized carbons (Fsp3) is 0.476. The zero-order chi connectivity index (χ0) is 20.8. The maximum Gasteiger partial charge on any atom is 0.266 e. The van der Waals surface area contributed by atoms with Crippen molar-refractivity contribution in [2.24, 2.45) is 0 Å². The molecule has 156 valence electrons. The third-order valence-corrected chi connectivity index (χ3v) is 6.60. The topological polar surface area (TPSA) is 70.1 Å². The van der Waals surface area contributed by atoms with E-state index in [1.165, 1.54) is 16.7 Å². The van der Waals surface area contributed by atoms with E-state index in [1.807, 2.05) is 29.2 Å². The number of amides is 2. The van der Waals surface area contributed by atoms with Crippen LogP contribution < -0.4 is 4.74 Å². The van der Waals surface area contributed by atoms with Crippen LogP contribution in [-0.2, 0) is 9.59 Å². The minimum Gasteiger partial charge on any atom is -0.497 e. The quantitative estimate of drug-likeness (QED) is 0.525. The van der Waals surface area contributed by atoms with Gasteiger partial charge in [-0.05, 0) is 49.5 Å². The number of aliphatic hydroxyl groups is 1. The number of rotatable bonds is 7. The first kappa shape index (κ1) is 21.8. The first-order valence-corrected chi connectivity index (χ1v) is 11.1. The number of hydrogen-bond donors (Lipinski definition) is 1. The maximum atomic E-state index is 12.8. The summed E-state index contributed by atoms with van der Waals surface area (Å²) < 4.78 is 5.70. The number of carbonyl (C=O) groups is 2. The van der Waals surface area contributed by atoms with Crippen LogP contribution in [0.5, 0.6) is 5.75 Å². The molecule has 3 rings (SSSR count). The van der Waals surface area contributed by atoms with Crippen molar-refractivity contribution in [3.8, 4) is 5.75 Å². The summed E-state index contributed by atoms with van der Waals surface area (Å²) in [4.78, 5) is 29.4. The molecule has 2 aliphatic rings. The third kappa shape index (κ3) is 5.38. The Balaban J connectivity index is 1.62. The maximum absolute atomic E-state index is 12.8. The van der Waals surface area contributed by atoms with E-state index in [2.05, 4.69) is 0 Å². The lowest BCUT2D eigenvalue weighted by Crippen LogP contribution is -2.45. The predicted octanol–water partition coefficient (Wildman–Crippen LogP) is 3.05. The molecule has 1 N–H and O–H groups in total. The Morgan fingerprint density at radius 3 is 3.00 bits per heavy atom. The van der Waals surface area contributed by atoms with Gasteiger partial charge >= 0.3 is 0 Å². The SMILES string of the molecule is COc1cccc(C=C2SC(=S)N(CCC(=O)N3CCCCC3CCO)C2=O)c1. The summed E-state index contributed by atoms with van der Waals surface area (Å²) in [5.41, 5.74) is 0.862. The van der Waals surface area contributed by atoms with Crippen LogP contribution in [0.1, 0.15) is 37.7 Å². The number of ether oxygens (including phenoxy) is 1. The van der Waals surface area contributed by atoms with Gasteiger partial charge in [0.25, 0.3) is 5.91 Å². The highest BCUT2D eigenvalue weighted by molar-refractivity contribution is 8.26. The van der Waals surface area contributed by atoms with Crippen molar-refractivity contribution in [2.75, 3.05) is 26.8 Å². The second-order valence-electron chi connectivity index (χ2n) is 7.11. The van der Waals surface area contributed by atoms with Crippen LogP contribution in [0.25, 0.3) is 6.08 Å². The van der Waals surface area contributed by atoms with E-state index in [0.717, 1.165) is 37.1 Å². The molecule has 0 aliphatic carbocycles. The van der Waals surface area contributed by atoms with E-state index in [4.69, 9.17) is 17.0 Å². The van der Waals surface area contributed by atoms with Crippen LogP contribution in [0.15, 0.2) is 29.2 Å². The normalized spacial score (nSPS) is 21.2. The number of hydrogen-bond acceptors (Lipinski definition) is 6. The first-order chi connectivity index (χ1) is 14.0. The Bertz CT molecular complexity index is 810. The summed E-state index contributed by atoms with van der Waals surface area (Å²) in [7, 11) is 1.60. The molecule has 2 amide bonds. The highest BCUT2D eigenvalue weighted by Crippen LogP contribution is 2.33. The number of thioether (sulfide) groups is 1. The summed E-state index contributed by atoms with van der Waals surface area (Å²) in [5.74, 6) is 0.578. The zero-order valence-electron chi connectivity index (χ0n) is 16.5. The van der Waals surface area contributed by atoms with E-state index in [0.29, 0.717) is 15.6 Å². The van der Waals surface area contributed by atoms with Crippen molar-refractivity contribution in [3.05, 3.63) is 34.7 Å². The molecule has 2 aliphatic heterocycles. The summed E-state index contributed by atoms with van der Waals surface area (Å²) >= 11 is 6.63. The molecular formula is C21H26N2O4S2. The number of piperidine rings is 1. The minimum atomic E-state index is -0.166. The van der Waals surface area contributed by atoms with Crippen LogP contribution in [-0.4, -0.2) is 63.9 Å². The zero-order valence-corrected chi connectivity index (χ0v) is 18.1. The average Bonchev–Trinajstić information content (AvgIpc) is 2.99. The van der Waals surface area contributed by atoms with E-state index in [9.17, 15) is 14.7 Å². The molecule has 2 saturated heterocycles. The van der Waals surface area contributed by atoms with Gasteiger partial charge in [0.2, 0.25) is 5.91 Å². The minimum absolute atomic E-state index is 0.0222. The van der Waals surface area contributed by atoms with Crippen LogP contribution >= 0.6 is 24.0 Å². The molecule has 29 heavy (non-hydrogen) atoms. The molecule has 1 aromatic carbocycles. The van der Waals surface area contributed by atoms with E-state index in [1.54, 1.807) is 13.2 Å². The lowest BCUT2D eigenvalue weighted by Gasteiger charge is -2.36. The molecule has 8 heteroatoms. The van der Waals surface area contributed by atoms with Crippen molar-refractivity contribution in [2.45, 2.75) is 38.1 Å². The highest BCUT2D eigenvalue weighted by atomic mass is 32.2. The second kappa shape index (κ2) is 10.2. The lowest BCUT2D eigenvalue weighted by molar-refractivity contribution is -0.135. The highest BCUT2D eigenvalue weighted by Gasteiger charge is 2.33. The fourth-order valence-electron chi connectivity index (χ4n) is 3.70. The Hall–Kier alpha value is -1.90. The molecule has 2 fully saturated rings. The molecular weight excluding hydrogens is 408 g/mol. The molecule has 1 atom stereocenters. The Kier molecular flexibility index (Phi) is 7.69. The van der Waals surface area contributed by atoms with Gasteiger partial charge in [-0.3, -0.25) is 14.5 Å². The van der Waals surface area contributed by atoms with Crippen LogP contribution in [0.2, 0.25) is 0 Å². The first-order valence-electron chi connectivity index (χ1n) is 9.83. The molecule has 0 bridgehead atoms. The Morgan fingerprint density at radius 2 is 2.24 bits per heavy atom. The Labute approximate surface area is 180 Å². The fourth-order valence-corrected chi connectivity index (χ4v) is 5.01. The van der Waals surface area contributed by atoms with Crippen molar-refractivity contribution in [3.63, 3.8) is 0 Å². The standard InChI is InChI=1S/C21H26N2O4S2/c1-27-17-7-4-5-15(13-17)14-18-20(26)23(21(28)29-18)11-8-19(25)22-10-3-2-6-16(22)9-12-24/h4-5,7,13-14,16,24H,2-3,6,8-12H2,1H3. The number of thiocarbonyl (C=S) groups is 1. The van der Waals surface area contributed by atoms with E-state index < -0.39 is 0 Å². The summed E-state index contributed by atoms with van der Waals surface area (Å²) in [6.07, 6.45) is 5.63. The van der Waals surface area contributed by atoms with Crippen LogP contribution in [0.4, 0.5) is 0 Å². The van der Waals surface area contributed by atoms with Gasteiger partial charge in [0.15, 0.2) is 0 Å². The summed E-state index contributed by atoms with van der Waals surface area (Å²) in [5, 5.41) is 9.25. The number of nitrogens with zero attached hydrogens (tertiary/aromatic N) is 2. The van der Waals surface area contributed by atoms with Gasteiger partial charge in [0, 0.05) is 32.2 Å². The largest absolute Gasteiger partial charge is 0.497 e. The van der Waals surface area contributed by atoms with Gasteiger partial charge in [-0.15, -0.1) is 0 Å². The average molecular weight is 435 g/mol. The molecule has 0 spiro atoms. The number of carbonyl (C=O) groups excluding carboxylic acids is 2. The van der Waals surface area contributed by atoms with Gasteiger partial charge in [-0.25, -0.2) is 0 Å². The number of methoxy groups -OCH3 is 1. The predicted molar refractivity (Wildman–Crippen MR) is 119 cm³/mol. The lowest BCUT2D eigenvalue weighted by atomic mass is 9.99. The molecule has 1 aromatic rings. The molecule has 1 unspecified atom stereocenters. The van der Waals surface area contributed by atoms with Crippen molar-refractivity contribution in [1.82, 2.24) is 9.80 Å². The van der Waals surface area contributed by atoms with Crippen molar-refractivity contribution >= 4 is 46.2 Å². The second-order valence-corrected chi connectivity index (χ2v) is 8.78. The van der Waals surface area contributed by atoms with Crippen LogP contribution in [0.3, 0.4) is 0 Å². The van der Waals surface area contributed by atoms with Gasteiger partial charge < -0.3 is 14.7 Å².